The predicted molar refractivity (Wildman–Crippen MR) is 70.6 cm³/mol. The van der Waals surface area contributed by atoms with Gasteiger partial charge in [-0.15, -0.1) is 11.6 Å². The molecule has 1 nitrogen and oxygen atoms in total. The molecule has 0 amide bonds. The third-order valence-electron chi connectivity index (χ3n) is 3.30. The lowest BCUT2D eigenvalue weighted by Gasteiger charge is -2.34. The quantitative estimate of drug-likeness (QED) is 0.524. The highest BCUT2D eigenvalue weighted by Crippen LogP contribution is 2.33. The van der Waals surface area contributed by atoms with Gasteiger partial charge in [-0.3, -0.25) is 4.42 Å². The molecule has 2 aliphatic carbocycles. The summed E-state index contributed by atoms with van der Waals surface area (Å²) in [5.41, 5.74) is 1.89. The Morgan fingerprint density at radius 1 is 1.25 bits per heavy atom. The van der Waals surface area contributed by atoms with E-state index >= 15 is 0 Å². The van der Waals surface area contributed by atoms with Crippen LogP contribution in [0.25, 0.3) is 0 Å². The van der Waals surface area contributed by atoms with Gasteiger partial charge in [-0.05, 0) is 24.5 Å². The minimum Gasteiger partial charge on any atom is -0.284 e. The Bertz CT molecular complexity index is 327. The molecular weight excluding hydrogens is 241 g/mol. The Balaban J connectivity index is 2.08. The van der Waals surface area contributed by atoms with E-state index in [9.17, 15) is 0 Å². The van der Waals surface area contributed by atoms with Gasteiger partial charge in [0.25, 0.3) is 0 Å². The standard InChI is InChI=1S/C13H17Cl2N/c1-10-6-5-9-12(13(10)14)16(15)11-7-3-2-4-8-11/h5-6,9,11,13H,1-4,7-8H2. The molecule has 88 valence electrons. The monoisotopic (exact) mass is 257 g/mol. The molecule has 0 aromatic heterocycles. The second-order valence-corrected chi connectivity index (χ2v) is 5.29. The summed E-state index contributed by atoms with van der Waals surface area (Å²) in [6, 6.07) is 0.433. The van der Waals surface area contributed by atoms with E-state index in [4.69, 9.17) is 23.4 Å². The molecule has 0 saturated heterocycles. The Kier molecular flexibility index (Phi) is 3.99. The molecule has 1 fully saturated rings. The van der Waals surface area contributed by atoms with Gasteiger partial charge in [-0.2, -0.15) is 0 Å². The van der Waals surface area contributed by atoms with E-state index in [2.05, 4.69) is 6.58 Å². The van der Waals surface area contributed by atoms with Crippen LogP contribution in [0.5, 0.6) is 0 Å². The van der Waals surface area contributed by atoms with Crippen LogP contribution in [0, 0.1) is 0 Å². The number of allylic oxidation sites excluding steroid dienone is 4. The molecule has 0 aliphatic heterocycles. The largest absolute Gasteiger partial charge is 0.284 e. The summed E-state index contributed by atoms with van der Waals surface area (Å²) in [6.07, 6.45) is 12.1. The number of nitrogens with zero attached hydrogens (tertiary/aromatic N) is 1. The third kappa shape index (κ3) is 2.46. The maximum Gasteiger partial charge on any atom is 0.0990 e. The Morgan fingerprint density at radius 3 is 2.62 bits per heavy atom. The minimum atomic E-state index is -0.176. The molecule has 0 aromatic carbocycles. The highest BCUT2D eigenvalue weighted by atomic mass is 35.5. The summed E-state index contributed by atoms with van der Waals surface area (Å²) in [5, 5.41) is -0.176. The number of hydrogen-bond acceptors (Lipinski definition) is 1. The van der Waals surface area contributed by atoms with Gasteiger partial charge in [-0.25, -0.2) is 0 Å². The molecule has 2 rings (SSSR count). The lowest BCUT2D eigenvalue weighted by molar-refractivity contribution is 0.299. The van der Waals surface area contributed by atoms with Crippen molar-refractivity contribution in [3.8, 4) is 0 Å². The number of alkyl halides is 1. The minimum absolute atomic E-state index is 0.176. The van der Waals surface area contributed by atoms with Crippen LogP contribution in [-0.2, 0) is 0 Å². The van der Waals surface area contributed by atoms with Gasteiger partial charge in [0.15, 0.2) is 0 Å². The molecule has 1 unspecified atom stereocenters. The fraction of sp³-hybridized carbons (Fsp3) is 0.538. The zero-order valence-corrected chi connectivity index (χ0v) is 10.8. The topological polar surface area (TPSA) is 3.24 Å². The normalized spacial score (nSPS) is 26.8. The zero-order chi connectivity index (χ0) is 11.5. The van der Waals surface area contributed by atoms with E-state index in [1.807, 2.05) is 22.6 Å². The molecule has 0 N–H and O–H groups in total. The fourth-order valence-corrected chi connectivity index (χ4v) is 2.98. The smallest absolute Gasteiger partial charge is 0.0990 e. The Labute approximate surface area is 108 Å². The van der Waals surface area contributed by atoms with Crippen LogP contribution in [-0.4, -0.2) is 15.8 Å². The molecule has 16 heavy (non-hydrogen) atoms. The highest BCUT2D eigenvalue weighted by molar-refractivity contribution is 6.25. The summed E-state index contributed by atoms with van der Waals surface area (Å²) in [6.45, 7) is 3.93. The summed E-state index contributed by atoms with van der Waals surface area (Å²) in [5.74, 6) is 0. The van der Waals surface area contributed by atoms with Crippen molar-refractivity contribution in [2.45, 2.75) is 43.5 Å². The first-order chi connectivity index (χ1) is 7.70. The van der Waals surface area contributed by atoms with E-state index in [0.717, 1.165) is 11.3 Å². The van der Waals surface area contributed by atoms with Crippen LogP contribution in [0.15, 0.2) is 36.1 Å². The molecule has 0 radical (unpaired) electrons. The lowest BCUT2D eigenvalue weighted by Crippen LogP contribution is -2.32. The van der Waals surface area contributed by atoms with Crippen molar-refractivity contribution in [3.05, 3.63) is 36.1 Å². The molecule has 0 heterocycles. The maximum absolute atomic E-state index is 6.40. The Hall–Kier alpha value is -0.400. The molecular formula is C13H17Cl2N. The van der Waals surface area contributed by atoms with Gasteiger partial charge >= 0.3 is 0 Å². The molecule has 0 spiro atoms. The highest BCUT2D eigenvalue weighted by Gasteiger charge is 2.27. The van der Waals surface area contributed by atoms with Gasteiger partial charge in [0, 0.05) is 17.8 Å². The summed E-state index contributed by atoms with van der Waals surface area (Å²) < 4.78 is 1.84. The average Bonchev–Trinajstić information content (AvgIpc) is 2.33. The number of halogens is 2. The van der Waals surface area contributed by atoms with E-state index in [1.165, 1.54) is 32.1 Å². The lowest BCUT2D eigenvalue weighted by atomic mass is 9.94. The summed E-state index contributed by atoms with van der Waals surface area (Å²) >= 11 is 12.7. The van der Waals surface area contributed by atoms with Crippen molar-refractivity contribution in [1.29, 1.82) is 0 Å². The van der Waals surface area contributed by atoms with Crippen molar-refractivity contribution in [1.82, 2.24) is 4.42 Å². The predicted octanol–water partition coefficient (Wildman–Crippen LogP) is 4.39. The van der Waals surface area contributed by atoms with Gasteiger partial charge in [0.05, 0.1) is 11.1 Å². The van der Waals surface area contributed by atoms with Gasteiger partial charge < -0.3 is 0 Å². The number of rotatable bonds is 2. The van der Waals surface area contributed by atoms with Crippen molar-refractivity contribution >= 4 is 23.4 Å². The summed E-state index contributed by atoms with van der Waals surface area (Å²) in [7, 11) is 0. The van der Waals surface area contributed by atoms with Gasteiger partial charge in [0.2, 0.25) is 0 Å². The molecule has 0 aromatic rings. The van der Waals surface area contributed by atoms with Crippen LogP contribution in [0.2, 0.25) is 0 Å². The van der Waals surface area contributed by atoms with E-state index in [1.54, 1.807) is 0 Å². The van der Waals surface area contributed by atoms with E-state index in [0.29, 0.717) is 6.04 Å². The molecule has 0 bridgehead atoms. The van der Waals surface area contributed by atoms with Crippen LogP contribution in [0.4, 0.5) is 0 Å². The number of hydrogen-bond donors (Lipinski definition) is 0. The van der Waals surface area contributed by atoms with Crippen molar-refractivity contribution in [2.75, 3.05) is 0 Å². The van der Waals surface area contributed by atoms with Crippen molar-refractivity contribution in [2.24, 2.45) is 0 Å². The molecule has 1 saturated carbocycles. The second kappa shape index (κ2) is 5.29. The van der Waals surface area contributed by atoms with Crippen LogP contribution < -0.4 is 0 Å². The van der Waals surface area contributed by atoms with Crippen molar-refractivity contribution in [3.63, 3.8) is 0 Å². The zero-order valence-electron chi connectivity index (χ0n) is 9.33. The van der Waals surface area contributed by atoms with Gasteiger partial charge in [0.1, 0.15) is 0 Å². The first-order valence-electron chi connectivity index (χ1n) is 5.86. The van der Waals surface area contributed by atoms with Crippen LogP contribution >= 0.6 is 23.4 Å². The van der Waals surface area contributed by atoms with E-state index < -0.39 is 0 Å². The Morgan fingerprint density at radius 2 is 1.94 bits per heavy atom. The van der Waals surface area contributed by atoms with Crippen LogP contribution in [0.1, 0.15) is 32.1 Å². The maximum atomic E-state index is 6.40. The molecule has 2 aliphatic rings. The SMILES string of the molecule is C=C1C=CC=C(N(Cl)C2CCCCC2)C1Cl. The summed E-state index contributed by atoms with van der Waals surface area (Å²) in [4.78, 5) is 0. The van der Waals surface area contributed by atoms with Crippen molar-refractivity contribution < 1.29 is 0 Å². The van der Waals surface area contributed by atoms with E-state index in [-0.39, 0.29) is 5.38 Å². The first-order valence-corrected chi connectivity index (χ1v) is 6.63. The first kappa shape index (κ1) is 12.1. The van der Waals surface area contributed by atoms with Gasteiger partial charge in [-0.1, -0.05) is 38.0 Å². The van der Waals surface area contributed by atoms with Crippen LogP contribution in [0.3, 0.4) is 0 Å². The third-order valence-corrected chi connectivity index (χ3v) is 4.28. The fourth-order valence-electron chi connectivity index (χ4n) is 2.33. The molecule has 1 atom stereocenters. The second-order valence-electron chi connectivity index (χ2n) is 4.49. The average molecular weight is 258 g/mol. The molecule has 3 heteroatoms.